The smallest absolute Gasteiger partial charge is 0.334 e. The van der Waals surface area contributed by atoms with Gasteiger partial charge in [0, 0.05) is 6.42 Å². The number of aliphatic hydroxyl groups excluding tert-OH is 1. The van der Waals surface area contributed by atoms with E-state index in [2.05, 4.69) is 13.8 Å². The topological polar surface area (TPSA) is 83.8 Å². The molecule has 240 valence electrons. The number of unbranched alkanes of at least 4 members (excludes halogenated alkanes) is 25. The number of ether oxygens (including phenoxy) is 1. The number of carboxylic acids is 1. The van der Waals surface area contributed by atoms with Crippen LogP contribution in [0.1, 0.15) is 201 Å². The molecular weight excluding hydrogens is 500 g/mol. The summed E-state index contributed by atoms with van der Waals surface area (Å²) in [5, 5.41) is 17.5. The Morgan fingerprint density at radius 3 is 1.05 bits per heavy atom. The monoisotopic (exact) mass is 571 g/mol. The van der Waals surface area contributed by atoms with E-state index in [-0.39, 0.29) is 0 Å². The molecule has 0 saturated heterocycles. The van der Waals surface area contributed by atoms with Crippen molar-refractivity contribution < 1.29 is 24.5 Å². The molecule has 0 aromatic carbocycles. The molecule has 2 N–H and O–H groups in total. The fourth-order valence-electron chi connectivity index (χ4n) is 4.88. The normalized spacial score (nSPS) is 11.6. The second kappa shape index (κ2) is 35.9. The summed E-state index contributed by atoms with van der Waals surface area (Å²) in [5.41, 5.74) is 0. The zero-order chi connectivity index (χ0) is 29.9. The van der Waals surface area contributed by atoms with E-state index in [4.69, 9.17) is 14.9 Å². The van der Waals surface area contributed by atoms with Crippen molar-refractivity contribution in [2.45, 2.75) is 207 Å². The van der Waals surface area contributed by atoms with E-state index in [0.717, 1.165) is 25.7 Å². The van der Waals surface area contributed by atoms with Gasteiger partial charge in [0.05, 0.1) is 6.61 Å². The third-order valence-corrected chi connectivity index (χ3v) is 7.58. The average Bonchev–Trinajstić information content (AvgIpc) is 2.93. The van der Waals surface area contributed by atoms with E-state index in [0.29, 0.717) is 13.0 Å². The molecule has 0 rings (SSSR count). The highest BCUT2D eigenvalue weighted by atomic mass is 16.5. The molecule has 0 fully saturated rings. The van der Waals surface area contributed by atoms with Crippen molar-refractivity contribution in [3.63, 3.8) is 0 Å². The number of carbonyl (C=O) groups is 2. The van der Waals surface area contributed by atoms with Crippen molar-refractivity contribution >= 4 is 11.9 Å². The predicted octanol–water partition coefficient (Wildman–Crippen LogP) is 10.9. The Labute approximate surface area is 249 Å². The molecule has 1 unspecified atom stereocenters. The standard InChI is InChI=1S/C18H36O2.C17H34O3/c1-2-3-4-5-6-7-8-9-10-11-12-13-14-15-16-17-18(19)20;1-3-4-5-6-7-8-9-10-11-12-13-14-15-20-17(19)16(2)18/h2-17H2,1H3,(H,19,20);16,18H,3-15H2,1-2H3. The van der Waals surface area contributed by atoms with E-state index in [1.165, 1.54) is 155 Å². The van der Waals surface area contributed by atoms with Gasteiger partial charge in [0.2, 0.25) is 0 Å². The first-order valence-electron chi connectivity index (χ1n) is 17.5. The number of esters is 1. The Morgan fingerprint density at radius 2 is 0.775 bits per heavy atom. The SMILES string of the molecule is CCCCCCCCCCCCCCCCCC(=O)O.CCCCCCCCCCCCCCOC(=O)C(C)O. The Balaban J connectivity index is 0. The van der Waals surface area contributed by atoms with Gasteiger partial charge in [-0.05, 0) is 19.8 Å². The number of rotatable bonds is 30. The molecule has 0 aromatic rings. The summed E-state index contributed by atoms with van der Waals surface area (Å²) in [6.07, 6.45) is 34.8. The highest BCUT2D eigenvalue weighted by molar-refractivity contribution is 5.73. The van der Waals surface area contributed by atoms with Crippen LogP contribution in [0.5, 0.6) is 0 Å². The van der Waals surface area contributed by atoms with Crippen LogP contribution in [0.3, 0.4) is 0 Å². The second-order valence-electron chi connectivity index (χ2n) is 11.8. The van der Waals surface area contributed by atoms with E-state index in [9.17, 15) is 9.59 Å². The predicted molar refractivity (Wildman–Crippen MR) is 171 cm³/mol. The van der Waals surface area contributed by atoms with Crippen LogP contribution in [0.4, 0.5) is 0 Å². The van der Waals surface area contributed by atoms with Crippen LogP contribution in [-0.2, 0) is 14.3 Å². The molecule has 1 atom stereocenters. The number of carboxylic acid groups (broad SMARTS) is 1. The van der Waals surface area contributed by atoms with Gasteiger partial charge in [0.15, 0.2) is 0 Å². The lowest BCUT2D eigenvalue weighted by Crippen LogP contribution is -2.19. The lowest BCUT2D eigenvalue weighted by molar-refractivity contribution is -0.152. The van der Waals surface area contributed by atoms with Crippen LogP contribution in [0.2, 0.25) is 0 Å². The molecular formula is C35H70O5. The van der Waals surface area contributed by atoms with Crippen LogP contribution in [0.15, 0.2) is 0 Å². The zero-order valence-corrected chi connectivity index (χ0v) is 27.2. The van der Waals surface area contributed by atoms with Crippen LogP contribution in [0.25, 0.3) is 0 Å². The van der Waals surface area contributed by atoms with Crippen LogP contribution in [-0.4, -0.2) is 34.9 Å². The summed E-state index contributed by atoms with van der Waals surface area (Å²) >= 11 is 0. The second-order valence-corrected chi connectivity index (χ2v) is 11.8. The number of aliphatic carboxylic acids is 1. The first-order valence-corrected chi connectivity index (χ1v) is 17.5. The van der Waals surface area contributed by atoms with Crippen molar-refractivity contribution in [1.82, 2.24) is 0 Å². The Kier molecular flexibility index (Phi) is 36.9. The van der Waals surface area contributed by atoms with Crippen molar-refractivity contribution in [2.24, 2.45) is 0 Å². The summed E-state index contributed by atoms with van der Waals surface area (Å²) in [5.74, 6) is -1.16. The molecule has 5 nitrogen and oxygen atoms in total. The third kappa shape index (κ3) is 39.0. The largest absolute Gasteiger partial charge is 0.481 e. The maximum atomic E-state index is 11.0. The molecule has 0 amide bonds. The number of aliphatic hydroxyl groups is 1. The maximum Gasteiger partial charge on any atom is 0.334 e. The lowest BCUT2D eigenvalue weighted by atomic mass is 10.0. The van der Waals surface area contributed by atoms with Crippen molar-refractivity contribution in [2.75, 3.05) is 6.61 Å². The molecule has 5 heteroatoms. The molecule has 0 spiro atoms. The fraction of sp³-hybridized carbons (Fsp3) is 0.943. The van der Waals surface area contributed by atoms with Crippen LogP contribution >= 0.6 is 0 Å². The molecule has 0 saturated carbocycles. The zero-order valence-electron chi connectivity index (χ0n) is 27.2. The Bertz CT molecular complexity index is 506. The fourth-order valence-corrected chi connectivity index (χ4v) is 4.88. The van der Waals surface area contributed by atoms with Crippen LogP contribution < -0.4 is 0 Å². The van der Waals surface area contributed by atoms with E-state index in [1.807, 2.05) is 0 Å². The van der Waals surface area contributed by atoms with Gasteiger partial charge < -0.3 is 14.9 Å². The van der Waals surface area contributed by atoms with Crippen molar-refractivity contribution in [1.29, 1.82) is 0 Å². The van der Waals surface area contributed by atoms with E-state index < -0.39 is 18.0 Å². The summed E-state index contributed by atoms with van der Waals surface area (Å²) in [6, 6.07) is 0. The number of hydrogen-bond acceptors (Lipinski definition) is 4. The molecule has 0 bridgehead atoms. The Hall–Kier alpha value is -1.10. The molecule has 0 radical (unpaired) electrons. The average molecular weight is 571 g/mol. The van der Waals surface area contributed by atoms with Gasteiger partial charge >= 0.3 is 11.9 Å². The van der Waals surface area contributed by atoms with Gasteiger partial charge in [-0.3, -0.25) is 4.79 Å². The minimum absolute atomic E-state index is 0.345. The molecule has 0 aromatic heterocycles. The molecule has 40 heavy (non-hydrogen) atoms. The first-order chi connectivity index (χ1) is 19.5. The van der Waals surface area contributed by atoms with Crippen molar-refractivity contribution in [3.05, 3.63) is 0 Å². The quantitative estimate of drug-likeness (QED) is 0.0662. The van der Waals surface area contributed by atoms with Gasteiger partial charge in [0.25, 0.3) is 0 Å². The van der Waals surface area contributed by atoms with Crippen LogP contribution in [0, 0.1) is 0 Å². The summed E-state index contributed by atoms with van der Waals surface area (Å²) < 4.78 is 4.91. The maximum absolute atomic E-state index is 11.0. The van der Waals surface area contributed by atoms with Gasteiger partial charge in [-0.25, -0.2) is 4.79 Å². The van der Waals surface area contributed by atoms with Gasteiger partial charge in [0.1, 0.15) is 6.10 Å². The minimum atomic E-state index is -0.993. The number of carbonyl (C=O) groups excluding carboxylic acids is 1. The first kappa shape index (κ1) is 41.0. The van der Waals surface area contributed by atoms with Crippen molar-refractivity contribution in [3.8, 4) is 0 Å². The van der Waals surface area contributed by atoms with Gasteiger partial charge in [-0.15, -0.1) is 0 Å². The van der Waals surface area contributed by atoms with Gasteiger partial charge in [-0.1, -0.05) is 174 Å². The van der Waals surface area contributed by atoms with Gasteiger partial charge in [-0.2, -0.15) is 0 Å². The molecule has 0 aliphatic carbocycles. The third-order valence-electron chi connectivity index (χ3n) is 7.58. The number of hydrogen-bond donors (Lipinski definition) is 2. The molecule has 0 aliphatic rings. The van der Waals surface area contributed by atoms with E-state index in [1.54, 1.807) is 0 Å². The molecule has 0 heterocycles. The highest BCUT2D eigenvalue weighted by Gasteiger charge is 2.08. The summed E-state index contributed by atoms with van der Waals surface area (Å²) in [4.78, 5) is 21.3. The Morgan fingerprint density at radius 1 is 0.500 bits per heavy atom. The van der Waals surface area contributed by atoms with E-state index >= 15 is 0 Å². The lowest BCUT2D eigenvalue weighted by Gasteiger charge is -2.06. The highest BCUT2D eigenvalue weighted by Crippen LogP contribution is 2.14. The summed E-state index contributed by atoms with van der Waals surface area (Å²) in [6.45, 7) is 6.41. The summed E-state index contributed by atoms with van der Waals surface area (Å²) in [7, 11) is 0. The minimum Gasteiger partial charge on any atom is -0.481 e. The molecule has 0 aliphatic heterocycles.